The van der Waals surface area contributed by atoms with E-state index in [0.717, 1.165) is 22.1 Å². The molecule has 1 atom stereocenters. The fourth-order valence-corrected chi connectivity index (χ4v) is 2.46. The zero-order valence-corrected chi connectivity index (χ0v) is 11.9. The van der Waals surface area contributed by atoms with Crippen molar-refractivity contribution < 1.29 is 9.21 Å². The van der Waals surface area contributed by atoms with E-state index >= 15 is 0 Å². The molecule has 0 saturated carbocycles. The highest BCUT2D eigenvalue weighted by atomic mass is 16.3. The highest BCUT2D eigenvalue weighted by Gasteiger charge is 2.13. The number of rotatable bonds is 4. The summed E-state index contributed by atoms with van der Waals surface area (Å²) in [5, 5.41) is 4.02. The van der Waals surface area contributed by atoms with Crippen LogP contribution in [-0.2, 0) is 11.2 Å². The van der Waals surface area contributed by atoms with Crippen molar-refractivity contribution in [2.45, 2.75) is 19.4 Å². The van der Waals surface area contributed by atoms with Crippen LogP contribution in [0.15, 0.2) is 65.3 Å². The first-order valence-electron chi connectivity index (χ1n) is 7.03. The smallest absolute Gasteiger partial charge is 0.225 e. The summed E-state index contributed by atoms with van der Waals surface area (Å²) in [5.41, 5.74) is 2.84. The van der Waals surface area contributed by atoms with Crippen LogP contribution in [0.4, 0.5) is 0 Å². The maximum Gasteiger partial charge on any atom is 0.225 e. The normalized spacial score (nSPS) is 12.2. The van der Waals surface area contributed by atoms with Gasteiger partial charge in [-0.25, -0.2) is 0 Å². The number of fused-ring (bicyclic) bond motifs is 1. The Morgan fingerprint density at radius 2 is 1.81 bits per heavy atom. The second-order valence-electron chi connectivity index (χ2n) is 5.13. The Balaban J connectivity index is 1.69. The van der Waals surface area contributed by atoms with Crippen molar-refractivity contribution in [1.29, 1.82) is 0 Å². The van der Waals surface area contributed by atoms with Gasteiger partial charge in [0.1, 0.15) is 5.58 Å². The molecular formula is C18H17NO2. The Hall–Kier alpha value is -2.55. The van der Waals surface area contributed by atoms with Crippen molar-refractivity contribution in [3.63, 3.8) is 0 Å². The highest BCUT2D eigenvalue weighted by molar-refractivity contribution is 5.87. The SMILES string of the molecule is CC(NC(=O)Cc1coc2ccccc12)c1ccccc1. The zero-order chi connectivity index (χ0) is 14.7. The van der Waals surface area contributed by atoms with E-state index in [1.807, 2.05) is 61.5 Å². The van der Waals surface area contributed by atoms with E-state index in [4.69, 9.17) is 4.42 Å². The van der Waals surface area contributed by atoms with Crippen LogP contribution >= 0.6 is 0 Å². The Kier molecular flexibility index (Phi) is 3.73. The van der Waals surface area contributed by atoms with Crippen LogP contribution < -0.4 is 5.32 Å². The third kappa shape index (κ3) is 2.97. The summed E-state index contributed by atoms with van der Waals surface area (Å²) >= 11 is 0. The third-order valence-electron chi connectivity index (χ3n) is 3.59. The summed E-state index contributed by atoms with van der Waals surface area (Å²) in [5.74, 6) is -0.00194. The van der Waals surface area contributed by atoms with Crippen LogP contribution in [0.2, 0.25) is 0 Å². The molecule has 2 aromatic carbocycles. The van der Waals surface area contributed by atoms with Crippen molar-refractivity contribution in [1.82, 2.24) is 5.32 Å². The number of nitrogens with one attached hydrogen (secondary N) is 1. The number of para-hydroxylation sites is 1. The lowest BCUT2D eigenvalue weighted by Crippen LogP contribution is -2.27. The molecule has 1 aromatic heterocycles. The van der Waals surface area contributed by atoms with Crippen LogP contribution in [0.5, 0.6) is 0 Å². The average molecular weight is 279 g/mol. The zero-order valence-electron chi connectivity index (χ0n) is 11.9. The monoisotopic (exact) mass is 279 g/mol. The predicted molar refractivity (Wildman–Crippen MR) is 82.9 cm³/mol. The molecule has 0 bridgehead atoms. The number of hydrogen-bond acceptors (Lipinski definition) is 2. The van der Waals surface area contributed by atoms with E-state index in [0.29, 0.717) is 6.42 Å². The average Bonchev–Trinajstić information content (AvgIpc) is 2.91. The molecule has 0 radical (unpaired) electrons. The first-order chi connectivity index (χ1) is 10.2. The van der Waals surface area contributed by atoms with E-state index in [1.54, 1.807) is 6.26 Å². The molecule has 0 aliphatic carbocycles. The number of furan rings is 1. The molecular weight excluding hydrogens is 262 g/mol. The maximum atomic E-state index is 12.2. The highest BCUT2D eigenvalue weighted by Crippen LogP contribution is 2.21. The minimum absolute atomic E-state index is 0.00194. The van der Waals surface area contributed by atoms with Gasteiger partial charge >= 0.3 is 0 Å². The molecule has 106 valence electrons. The first-order valence-corrected chi connectivity index (χ1v) is 7.03. The van der Waals surface area contributed by atoms with Crippen LogP contribution in [0.3, 0.4) is 0 Å². The molecule has 1 amide bonds. The molecule has 0 fully saturated rings. The molecule has 3 rings (SSSR count). The lowest BCUT2D eigenvalue weighted by molar-refractivity contribution is -0.121. The lowest BCUT2D eigenvalue weighted by atomic mass is 10.1. The van der Waals surface area contributed by atoms with Gasteiger partial charge in [0, 0.05) is 10.9 Å². The van der Waals surface area contributed by atoms with Crippen LogP contribution in [0.25, 0.3) is 11.0 Å². The number of carbonyl (C=O) groups excluding carboxylic acids is 1. The van der Waals surface area contributed by atoms with Gasteiger partial charge in [0.05, 0.1) is 18.7 Å². The van der Waals surface area contributed by atoms with E-state index in [-0.39, 0.29) is 11.9 Å². The molecule has 1 N–H and O–H groups in total. The molecule has 21 heavy (non-hydrogen) atoms. The van der Waals surface area contributed by atoms with Gasteiger partial charge in [-0.3, -0.25) is 4.79 Å². The van der Waals surface area contributed by atoms with E-state index < -0.39 is 0 Å². The number of hydrogen-bond donors (Lipinski definition) is 1. The quantitative estimate of drug-likeness (QED) is 0.788. The van der Waals surface area contributed by atoms with Gasteiger partial charge in [-0.15, -0.1) is 0 Å². The molecule has 1 heterocycles. The van der Waals surface area contributed by atoms with Gasteiger partial charge in [0.2, 0.25) is 5.91 Å². The molecule has 0 spiro atoms. The van der Waals surface area contributed by atoms with Gasteiger partial charge in [-0.1, -0.05) is 48.5 Å². The van der Waals surface area contributed by atoms with Crippen LogP contribution in [0, 0.1) is 0 Å². The van der Waals surface area contributed by atoms with Gasteiger partial charge < -0.3 is 9.73 Å². The summed E-state index contributed by atoms with van der Waals surface area (Å²) in [6.07, 6.45) is 1.99. The molecule has 1 unspecified atom stereocenters. The topological polar surface area (TPSA) is 42.2 Å². The summed E-state index contributed by atoms with van der Waals surface area (Å²) in [7, 11) is 0. The standard InChI is InChI=1S/C18H17NO2/c1-13(14-7-3-2-4-8-14)19-18(20)11-15-12-21-17-10-6-5-9-16(15)17/h2-10,12-13H,11H2,1H3,(H,19,20). The van der Waals surface area contributed by atoms with Crippen molar-refractivity contribution in [2.24, 2.45) is 0 Å². The summed E-state index contributed by atoms with van der Waals surface area (Å²) in [4.78, 5) is 12.2. The summed E-state index contributed by atoms with van der Waals surface area (Å²) in [6.45, 7) is 1.99. The Labute approximate surface area is 123 Å². The molecule has 3 nitrogen and oxygen atoms in total. The van der Waals surface area contributed by atoms with Crippen LogP contribution in [-0.4, -0.2) is 5.91 Å². The van der Waals surface area contributed by atoms with E-state index in [1.165, 1.54) is 0 Å². The molecule has 3 heteroatoms. The van der Waals surface area contributed by atoms with Gasteiger partial charge in [0.25, 0.3) is 0 Å². The van der Waals surface area contributed by atoms with Gasteiger partial charge in [-0.05, 0) is 18.6 Å². The second kappa shape index (κ2) is 5.83. The number of carbonyl (C=O) groups is 1. The minimum atomic E-state index is -0.00290. The van der Waals surface area contributed by atoms with Crippen molar-refractivity contribution in [3.8, 4) is 0 Å². The summed E-state index contributed by atoms with van der Waals surface area (Å²) < 4.78 is 5.46. The molecule has 0 aliphatic heterocycles. The maximum absolute atomic E-state index is 12.2. The first kappa shape index (κ1) is 13.4. The molecule has 3 aromatic rings. The predicted octanol–water partition coefficient (Wildman–Crippen LogP) is 3.85. The Bertz CT molecular complexity index is 746. The van der Waals surface area contributed by atoms with E-state index in [9.17, 15) is 4.79 Å². The number of amides is 1. The largest absolute Gasteiger partial charge is 0.464 e. The minimum Gasteiger partial charge on any atom is -0.464 e. The third-order valence-corrected chi connectivity index (χ3v) is 3.59. The lowest BCUT2D eigenvalue weighted by Gasteiger charge is -2.13. The molecule has 0 saturated heterocycles. The van der Waals surface area contributed by atoms with E-state index in [2.05, 4.69) is 5.32 Å². The van der Waals surface area contributed by atoms with Crippen LogP contribution in [0.1, 0.15) is 24.1 Å². The fourth-order valence-electron chi connectivity index (χ4n) is 2.46. The van der Waals surface area contributed by atoms with Gasteiger partial charge in [0.15, 0.2) is 0 Å². The number of benzene rings is 2. The van der Waals surface area contributed by atoms with Crippen molar-refractivity contribution in [2.75, 3.05) is 0 Å². The van der Waals surface area contributed by atoms with Gasteiger partial charge in [-0.2, -0.15) is 0 Å². The summed E-state index contributed by atoms with van der Waals surface area (Å²) in [6, 6.07) is 17.7. The second-order valence-corrected chi connectivity index (χ2v) is 5.13. The molecule has 0 aliphatic rings. The van der Waals surface area contributed by atoms with Crippen molar-refractivity contribution in [3.05, 3.63) is 72.0 Å². The van der Waals surface area contributed by atoms with Crippen molar-refractivity contribution >= 4 is 16.9 Å². The Morgan fingerprint density at radius 3 is 2.62 bits per heavy atom. The fraction of sp³-hybridized carbons (Fsp3) is 0.167. The Morgan fingerprint density at radius 1 is 1.10 bits per heavy atom.